The Bertz CT molecular complexity index is 2420. The number of anilines is 4. The molecular weight excluding hydrogens is 749 g/mol. The van der Waals surface area contributed by atoms with Crippen LogP contribution in [0.1, 0.15) is 92.1 Å². The summed E-state index contributed by atoms with van der Waals surface area (Å²) >= 11 is 0. The van der Waals surface area contributed by atoms with Gasteiger partial charge in [0.1, 0.15) is 11.4 Å². The number of carbonyl (C=O) groups excluding carboxylic acids is 3. The van der Waals surface area contributed by atoms with Gasteiger partial charge in [0.25, 0.3) is 11.5 Å². The van der Waals surface area contributed by atoms with E-state index in [1.54, 1.807) is 21.7 Å². The lowest BCUT2D eigenvalue weighted by atomic mass is 10.0. The molecule has 1 fully saturated rings. The summed E-state index contributed by atoms with van der Waals surface area (Å²) < 4.78 is 3.19. The number of hydrogen-bond acceptors (Lipinski definition) is 11. The molecule has 308 valence electrons. The van der Waals surface area contributed by atoms with E-state index in [4.69, 9.17) is 9.97 Å². The van der Waals surface area contributed by atoms with E-state index in [-0.39, 0.29) is 30.3 Å². The highest BCUT2D eigenvalue weighted by atomic mass is 16.3. The van der Waals surface area contributed by atoms with Gasteiger partial charge in [-0.3, -0.25) is 24.5 Å². The Balaban J connectivity index is 0.00000260. The molecule has 5 heterocycles. The Morgan fingerprint density at radius 2 is 1.76 bits per heavy atom. The van der Waals surface area contributed by atoms with Crippen LogP contribution >= 0.6 is 0 Å². The first-order valence-electron chi connectivity index (χ1n) is 20.6. The molecule has 2 unspecified atom stereocenters. The summed E-state index contributed by atoms with van der Waals surface area (Å²) in [6, 6.07) is 16.9. The summed E-state index contributed by atoms with van der Waals surface area (Å²) in [4.78, 5) is 68.3. The maximum absolute atomic E-state index is 13.4. The lowest BCUT2D eigenvalue weighted by Crippen LogP contribution is -2.52. The van der Waals surface area contributed by atoms with Gasteiger partial charge in [-0.15, -0.1) is 6.58 Å². The first kappa shape index (κ1) is 40.8. The summed E-state index contributed by atoms with van der Waals surface area (Å²) in [5.41, 5.74) is 6.10. The highest BCUT2D eigenvalue weighted by molar-refractivity contribution is 6.06. The van der Waals surface area contributed by atoms with Gasteiger partial charge in [-0.25, -0.2) is 19.3 Å². The van der Waals surface area contributed by atoms with Crippen LogP contribution in [0, 0.1) is 0 Å². The molecular formula is C44H52N10O5. The van der Waals surface area contributed by atoms with Gasteiger partial charge in [0.15, 0.2) is 11.5 Å². The first-order valence-corrected chi connectivity index (χ1v) is 20.6. The van der Waals surface area contributed by atoms with Crippen molar-refractivity contribution >= 4 is 51.8 Å². The number of rotatable bonds is 15. The minimum Gasteiger partial charge on any atom is -0.387 e. The number of allylic oxidation sites excluding steroid dienone is 1. The van der Waals surface area contributed by atoms with E-state index in [0.717, 1.165) is 73.4 Å². The van der Waals surface area contributed by atoms with E-state index in [9.17, 15) is 24.3 Å². The number of piperidine rings is 1. The van der Waals surface area contributed by atoms with Crippen molar-refractivity contribution in [2.24, 2.45) is 0 Å². The van der Waals surface area contributed by atoms with Gasteiger partial charge in [0.2, 0.25) is 17.8 Å². The summed E-state index contributed by atoms with van der Waals surface area (Å²) in [5.74, 6) is -0.0323. The van der Waals surface area contributed by atoms with E-state index in [0.29, 0.717) is 53.4 Å². The van der Waals surface area contributed by atoms with Crippen LogP contribution in [0.4, 0.5) is 23.0 Å². The molecule has 5 aromatic rings. The Kier molecular flexibility index (Phi) is 12.5. The summed E-state index contributed by atoms with van der Waals surface area (Å²) in [5, 5.41) is 20.0. The van der Waals surface area contributed by atoms with Gasteiger partial charge < -0.3 is 25.5 Å². The normalized spacial score (nSPS) is 16.9. The third-order valence-corrected chi connectivity index (χ3v) is 11.1. The summed E-state index contributed by atoms with van der Waals surface area (Å²) in [7, 11) is 2.08. The number of amides is 3. The molecule has 2 atom stereocenters. The molecule has 1 aliphatic carbocycles. The minimum absolute atomic E-state index is 0.166. The number of aromatic nitrogens is 5. The molecule has 0 radical (unpaired) electrons. The number of pyridine rings is 1. The van der Waals surface area contributed by atoms with Crippen molar-refractivity contribution < 1.29 is 19.5 Å². The summed E-state index contributed by atoms with van der Waals surface area (Å²) in [6.45, 7) is 10.1. The summed E-state index contributed by atoms with van der Waals surface area (Å²) in [6.07, 6.45) is 8.65. The quantitative estimate of drug-likeness (QED) is 0.0573. The number of fused-ring (bicyclic) bond motifs is 3. The standard InChI is InChI=1S/C42H46N10O5.C2H6/c1-3-22-51-41(57)30-24-44-42(48-38(30)52(51)35-19-12-26-11-18-34(53)37(26)46-35)45-27-13-15-28(16-14-27)49(2)23-7-5-4-6-21-43-32-10-8-9-29-31(32)25-50(40(29)56)33-17-20-36(54)47-39(33)55;1-2/h3,8-10,12-16,19,24,33-34,43,53H,1,4-7,11,17-18,20-23,25H2,2H3,(H,44,45,48)(H,47,54,55);1-2H3. The smallest absolute Gasteiger partial charge is 0.278 e. The zero-order valence-corrected chi connectivity index (χ0v) is 33.9. The zero-order valence-electron chi connectivity index (χ0n) is 33.9. The maximum Gasteiger partial charge on any atom is 0.278 e. The van der Waals surface area contributed by atoms with Crippen molar-refractivity contribution in [3.63, 3.8) is 0 Å². The Labute approximate surface area is 343 Å². The van der Waals surface area contributed by atoms with E-state index in [2.05, 4.69) is 39.5 Å². The Morgan fingerprint density at radius 3 is 2.54 bits per heavy atom. The molecule has 3 amide bonds. The van der Waals surface area contributed by atoms with E-state index < -0.39 is 18.1 Å². The zero-order chi connectivity index (χ0) is 41.6. The highest BCUT2D eigenvalue weighted by Crippen LogP contribution is 2.33. The first-order chi connectivity index (χ1) is 28.7. The molecule has 0 spiro atoms. The number of aliphatic hydroxyl groups is 1. The molecule has 1 saturated heterocycles. The predicted octanol–water partition coefficient (Wildman–Crippen LogP) is 5.78. The molecule has 8 rings (SSSR count). The topological polar surface area (TPSA) is 180 Å². The number of hydrogen-bond donors (Lipinski definition) is 4. The molecule has 4 N–H and O–H groups in total. The average molecular weight is 801 g/mol. The average Bonchev–Trinajstić information content (AvgIpc) is 3.88. The number of aliphatic hydroxyl groups excluding tert-OH is 1. The SMILES string of the molecule is C=CCn1c(=O)c2cnc(Nc3ccc(N(C)CCCCCCNc4cccc5c4CN(C4CCC(=O)NC4=O)C5=O)cc3)nc2n1-c1ccc2c(n1)C(O)CC2.CC. The van der Waals surface area contributed by atoms with Crippen LogP contribution in [-0.2, 0) is 29.1 Å². The van der Waals surface area contributed by atoms with Crippen LogP contribution in [-0.4, -0.2) is 78.2 Å². The predicted molar refractivity (Wildman–Crippen MR) is 228 cm³/mol. The molecule has 2 aliphatic heterocycles. The van der Waals surface area contributed by atoms with Crippen LogP contribution in [0.2, 0.25) is 0 Å². The van der Waals surface area contributed by atoms with Crippen molar-refractivity contribution in [3.8, 4) is 5.82 Å². The molecule has 0 bridgehead atoms. The van der Waals surface area contributed by atoms with Gasteiger partial charge in [-0.05, 0) is 80.1 Å². The number of nitrogens with zero attached hydrogens (tertiary/aromatic N) is 7. The van der Waals surface area contributed by atoms with E-state index in [1.807, 2.05) is 62.4 Å². The highest BCUT2D eigenvalue weighted by Gasteiger charge is 2.39. The van der Waals surface area contributed by atoms with Crippen LogP contribution in [0.5, 0.6) is 0 Å². The van der Waals surface area contributed by atoms with Gasteiger partial charge >= 0.3 is 0 Å². The molecule has 0 saturated carbocycles. The maximum atomic E-state index is 13.4. The third-order valence-electron chi connectivity index (χ3n) is 11.1. The van der Waals surface area contributed by atoms with Gasteiger partial charge in [-0.1, -0.05) is 44.9 Å². The largest absolute Gasteiger partial charge is 0.387 e. The second-order valence-electron chi connectivity index (χ2n) is 14.9. The Hall–Kier alpha value is -6.35. The molecule has 2 aromatic carbocycles. The second kappa shape index (κ2) is 18.1. The number of carbonyl (C=O) groups is 3. The van der Waals surface area contributed by atoms with Crippen LogP contribution in [0.15, 0.2) is 78.2 Å². The van der Waals surface area contributed by atoms with Gasteiger partial charge in [0, 0.05) is 67.5 Å². The fourth-order valence-electron chi connectivity index (χ4n) is 8.01. The number of benzene rings is 2. The number of imide groups is 1. The van der Waals surface area contributed by atoms with Crippen LogP contribution in [0.3, 0.4) is 0 Å². The molecule has 15 nitrogen and oxygen atoms in total. The van der Waals surface area contributed by atoms with Crippen molar-refractivity contribution in [2.45, 2.75) is 90.4 Å². The molecule has 3 aromatic heterocycles. The number of nitrogens with one attached hydrogen (secondary N) is 3. The fraction of sp³-hybridized carbons (Fsp3) is 0.386. The van der Waals surface area contributed by atoms with Crippen molar-refractivity contribution in [1.29, 1.82) is 0 Å². The van der Waals surface area contributed by atoms with Gasteiger partial charge in [-0.2, -0.15) is 4.98 Å². The second-order valence-corrected chi connectivity index (χ2v) is 14.9. The van der Waals surface area contributed by atoms with Crippen molar-refractivity contribution in [3.05, 3.63) is 106 Å². The number of unbranched alkanes of at least 4 members (excludes halogenated alkanes) is 3. The molecule has 15 heteroatoms. The third kappa shape index (κ3) is 8.46. The van der Waals surface area contributed by atoms with Gasteiger partial charge in [0.05, 0.1) is 18.3 Å². The Morgan fingerprint density at radius 1 is 0.966 bits per heavy atom. The molecule has 59 heavy (non-hydrogen) atoms. The fourth-order valence-corrected chi connectivity index (χ4v) is 8.01. The monoisotopic (exact) mass is 800 g/mol. The van der Waals surface area contributed by atoms with Crippen LogP contribution < -0.4 is 26.4 Å². The minimum atomic E-state index is -0.634. The van der Waals surface area contributed by atoms with Crippen molar-refractivity contribution in [2.75, 3.05) is 35.7 Å². The van der Waals surface area contributed by atoms with E-state index in [1.165, 1.54) is 10.9 Å². The number of aryl methyl sites for hydroxylation is 1. The molecule has 3 aliphatic rings. The van der Waals surface area contributed by atoms with Crippen molar-refractivity contribution in [1.82, 2.24) is 34.5 Å². The van der Waals surface area contributed by atoms with Crippen LogP contribution in [0.25, 0.3) is 16.9 Å². The lowest BCUT2D eigenvalue weighted by Gasteiger charge is -2.29. The van der Waals surface area contributed by atoms with E-state index >= 15 is 0 Å². The lowest BCUT2D eigenvalue weighted by molar-refractivity contribution is -0.136.